The van der Waals surface area contributed by atoms with E-state index < -0.39 is 0 Å². The van der Waals surface area contributed by atoms with Gasteiger partial charge in [-0.3, -0.25) is 0 Å². The Labute approximate surface area is 142 Å². The highest BCUT2D eigenvalue weighted by molar-refractivity contribution is 7.23. The third kappa shape index (κ3) is 2.14. The third-order valence-corrected chi connectivity index (χ3v) is 6.81. The largest absolute Gasteiger partial charge is 0.420 e. The number of ether oxygens (including phenoxy) is 1. The summed E-state index contributed by atoms with van der Waals surface area (Å²) in [5, 5.41) is 10.3. The molecule has 118 valence electrons. The van der Waals surface area contributed by atoms with Gasteiger partial charge in [-0.15, -0.1) is 21.5 Å². The van der Waals surface area contributed by atoms with Crippen molar-refractivity contribution in [2.24, 2.45) is 5.41 Å². The molecule has 2 fully saturated rings. The summed E-state index contributed by atoms with van der Waals surface area (Å²) in [5.74, 6) is 1.69. The molecule has 1 aliphatic heterocycles. The predicted molar refractivity (Wildman–Crippen MR) is 90.0 cm³/mol. The summed E-state index contributed by atoms with van der Waals surface area (Å²) in [7, 11) is 0. The van der Waals surface area contributed by atoms with Crippen LogP contribution < -0.4 is 0 Å². The van der Waals surface area contributed by atoms with Gasteiger partial charge in [0.25, 0.3) is 5.89 Å². The highest BCUT2D eigenvalue weighted by Crippen LogP contribution is 2.64. The second kappa shape index (κ2) is 5.03. The van der Waals surface area contributed by atoms with Gasteiger partial charge in [-0.25, -0.2) is 0 Å². The number of aromatic nitrogens is 2. The minimum absolute atomic E-state index is 0.339. The van der Waals surface area contributed by atoms with Crippen LogP contribution in [0, 0.1) is 5.41 Å². The number of halogens is 1. The van der Waals surface area contributed by atoms with Crippen molar-refractivity contribution in [3.8, 4) is 10.8 Å². The minimum Gasteiger partial charge on any atom is -0.420 e. The van der Waals surface area contributed by atoms with Crippen LogP contribution in [0.3, 0.4) is 0 Å². The quantitative estimate of drug-likeness (QED) is 0.663. The zero-order valence-electron chi connectivity index (χ0n) is 12.4. The van der Waals surface area contributed by atoms with Crippen LogP contribution in [0.1, 0.15) is 31.1 Å². The van der Waals surface area contributed by atoms with Crippen LogP contribution in [-0.2, 0) is 4.74 Å². The third-order valence-electron chi connectivity index (χ3n) is 5.15. The Balaban J connectivity index is 1.48. The molecule has 1 aromatic carbocycles. The minimum atomic E-state index is 0.339. The number of fused-ring (bicyclic) bond motifs is 1. The average molecular weight is 347 g/mol. The number of hydrogen-bond acceptors (Lipinski definition) is 5. The lowest BCUT2D eigenvalue weighted by molar-refractivity contribution is 0.0547. The Morgan fingerprint density at radius 1 is 1.17 bits per heavy atom. The van der Waals surface area contributed by atoms with Crippen molar-refractivity contribution in [3.05, 3.63) is 35.2 Å². The Morgan fingerprint density at radius 2 is 2.00 bits per heavy atom. The van der Waals surface area contributed by atoms with Crippen LogP contribution in [0.25, 0.3) is 20.9 Å². The molecule has 1 spiro atoms. The topological polar surface area (TPSA) is 48.2 Å². The summed E-state index contributed by atoms with van der Waals surface area (Å²) in [6.45, 7) is 1.69. The van der Waals surface area contributed by atoms with Gasteiger partial charge in [0.1, 0.15) is 4.88 Å². The monoisotopic (exact) mass is 346 g/mol. The molecule has 0 bridgehead atoms. The number of thiophene rings is 1. The van der Waals surface area contributed by atoms with E-state index in [1.165, 1.54) is 0 Å². The zero-order valence-corrected chi connectivity index (χ0v) is 14.0. The van der Waals surface area contributed by atoms with Gasteiger partial charge in [0, 0.05) is 29.2 Å². The number of benzene rings is 1. The zero-order chi connectivity index (χ0) is 15.4. The summed E-state index contributed by atoms with van der Waals surface area (Å²) < 4.78 is 12.6. The average Bonchev–Trinajstić information content (AvgIpc) is 2.96. The summed E-state index contributed by atoms with van der Waals surface area (Å²) >= 11 is 8.11. The highest BCUT2D eigenvalue weighted by atomic mass is 35.5. The Morgan fingerprint density at radius 3 is 2.83 bits per heavy atom. The maximum Gasteiger partial charge on any atom is 0.259 e. The number of rotatable bonds is 2. The van der Waals surface area contributed by atoms with E-state index in [-0.39, 0.29) is 0 Å². The Kier molecular flexibility index (Phi) is 3.05. The SMILES string of the molecule is Clc1c(-c2nnc([C@H]3CC34CCOCC4)o2)sc2ccccc12. The molecule has 3 heterocycles. The van der Waals surface area contributed by atoms with Gasteiger partial charge in [-0.2, -0.15) is 0 Å². The molecule has 23 heavy (non-hydrogen) atoms. The van der Waals surface area contributed by atoms with Crippen LogP contribution in [0.2, 0.25) is 5.02 Å². The summed E-state index contributed by atoms with van der Waals surface area (Å²) in [5.41, 5.74) is 0.339. The maximum atomic E-state index is 6.50. The predicted octanol–water partition coefficient (Wildman–Crippen LogP) is 4.89. The second-order valence-corrected chi connectivity index (χ2v) is 7.85. The lowest BCUT2D eigenvalue weighted by Gasteiger charge is -2.21. The van der Waals surface area contributed by atoms with Crippen molar-refractivity contribution in [3.63, 3.8) is 0 Å². The summed E-state index contributed by atoms with van der Waals surface area (Å²) in [6.07, 6.45) is 3.33. The van der Waals surface area contributed by atoms with E-state index >= 15 is 0 Å². The number of hydrogen-bond donors (Lipinski definition) is 0. The first-order chi connectivity index (χ1) is 11.3. The van der Waals surface area contributed by atoms with Gasteiger partial charge in [0.2, 0.25) is 5.89 Å². The van der Waals surface area contributed by atoms with E-state index in [0.29, 0.717) is 22.2 Å². The van der Waals surface area contributed by atoms with E-state index in [1.807, 2.05) is 18.2 Å². The molecule has 4 nitrogen and oxygen atoms in total. The van der Waals surface area contributed by atoms with E-state index in [4.69, 9.17) is 20.8 Å². The van der Waals surface area contributed by atoms with Crippen molar-refractivity contribution >= 4 is 33.0 Å². The lowest BCUT2D eigenvalue weighted by Crippen LogP contribution is -2.18. The maximum absolute atomic E-state index is 6.50. The number of nitrogens with zero attached hydrogens (tertiary/aromatic N) is 2. The van der Waals surface area contributed by atoms with E-state index in [9.17, 15) is 0 Å². The molecule has 0 amide bonds. The second-order valence-electron chi connectivity index (χ2n) is 6.42. The molecule has 1 saturated heterocycles. The molecule has 0 radical (unpaired) electrons. The standard InChI is InChI=1S/C17H15ClN2O2S/c18-13-10-3-1-2-4-12(10)23-14(13)16-20-19-15(22-16)11-9-17(11)5-7-21-8-6-17/h1-4,11H,5-9H2/t11-/m1/s1. The van der Waals surface area contributed by atoms with Crippen molar-refractivity contribution in [1.29, 1.82) is 0 Å². The van der Waals surface area contributed by atoms with Crippen LogP contribution >= 0.6 is 22.9 Å². The van der Waals surface area contributed by atoms with Gasteiger partial charge in [-0.05, 0) is 30.7 Å². The van der Waals surface area contributed by atoms with Crippen LogP contribution in [0.4, 0.5) is 0 Å². The molecule has 1 saturated carbocycles. The molecule has 1 aliphatic carbocycles. The molecule has 2 aliphatic rings. The van der Waals surface area contributed by atoms with Gasteiger partial charge in [0.05, 0.1) is 5.02 Å². The first kappa shape index (κ1) is 14.0. The fourth-order valence-electron chi connectivity index (χ4n) is 3.65. The van der Waals surface area contributed by atoms with Crippen molar-refractivity contribution in [1.82, 2.24) is 10.2 Å². The molecule has 6 heteroatoms. The van der Waals surface area contributed by atoms with Crippen molar-refractivity contribution < 1.29 is 9.15 Å². The summed E-state index contributed by atoms with van der Waals surface area (Å²) in [6, 6.07) is 8.08. The molecular weight excluding hydrogens is 332 g/mol. The summed E-state index contributed by atoms with van der Waals surface area (Å²) in [4.78, 5) is 0.869. The van der Waals surface area contributed by atoms with Gasteiger partial charge < -0.3 is 9.15 Å². The molecule has 3 aromatic rings. The fraction of sp³-hybridized carbons (Fsp3) is 0.412. The van der Waals surface area contributed by atoms with Gasteiger partial charge >= 0.3 is 0 Å². The van der Waals surface area contributed by atoms with Crippen LogP contribution in [0.5, 0.6) is 0 Å². The van der Waals surface area contributed by atoms with Crippen LogP contribution in [-0.4, -0.2) is 23.4 Å². The smallest absolute Gasteiger partial charge is 0.259 e. The molecule has 0 N–H and O–H groups in total. The first-order valence-corrected chi connectivity index (χ1v) is 9.05. The normalized spacial score (nSPS) is 22.7. The molecule has 0 unspecified atom stereocenters. The first-order valence-electron chi connectivity index (χ1n) is 7.85. The van der Waals surface area contributed by atoms with E-state index in [0.717, 1.165) is 53.3 Å². The van der Waals surface area contributed by atoms with E-state index in [1.54, 1.807) is 11.3 Å². The Bertz CT molecular complexity index is 882. The van der Waals surface area contributed by atoms with E-state index in [2.05, 4.69) is 16.3 Å². The molecule has 2 aromatic heterocycles. The fourth-order valence-corrected chi connectivity index (χ4v) is 5.08. The molecular formula is C17H15ClN2O2S. The lowest BCUT2D eigenvalue weighted by atomic mass is 9.94. The van der Waals surface area contributed by atoms with Crippen molar-refractivity contribution in [2.75, 3.05) is 13.2 Å². The molecule has 5 rings (SSSR count). The van der Waals surface area contributed by atoms with Gasteiger partial charge in [0.15, 0.2) is 0 Å². The van der Waals surface area contributed by atoms with Crippen LogP contribution in [0.15, 0.2) is 28.7 Å². The van der Waals surface area contributed by atoms with Crippen molar-refractivity contribution in [2.45, 2.75) is 25.2 Å². The highest BCUT2D eigenvalue weighted by Gasteiger charge is 2.57. The van der Waals surface area contributed by atoms with Gasteiger partial charge in [-0.1, -0.05) is 29.8 Å². The molecule has 1 atom stereocenters. The Hall–Kier alpha value is -1.43.